The van der Waals surface area contributed by atoms with Gasteiger partial charge in [-0.1, -0.05) is 30.3 Å². The first-order valence-corrected chi connectivity index (χ1v) is 7.54. The third kappa shape index (κ3) is 3.17. The molecule has 0 saturated carbocycles. The van der Waals surface area contributed by atoms with E-state index in [1.165, 1.54) is 10.9 Å². The second-order valence-electron chi connectivity index (χ2n) is 5.12. The molecule has 0 aliphatic rings. The molecule has 1 aromatic heterocycles. The third-order valence-corrected chi connectivity index (χ3v) is 3.83. The van der Waals surface area contributed by atoms with E-state index >= 15 is 0 Å². The van der Waals surface area contributed by atoms with Gasteiger partial charge in [-0.05, 0) is 42.3 Å². The topological polar surface area (TPSA) is 24.9 Å². The van der Waals surface area contributed by atoms with Gasteiger partial charge >= 0.3 is 0 Å². The molecule has 106 valence electrons. The molecule has 0 unspecified atom stereocenters. The Labute approximate surface area is 129 Å². The zero-order chi connectivity index (χ0) is 14.7. The smallest absolute Gasteiger partial charge is 0.0708 e. The number of anilines is 1. The molecule has 0 spiro atoms. The second kappa shape index (κ2) is 6.15. The lowest BCUT2D eigenvalue weighted by molar-refractivity contribution is 1.13. The Hall–Kier alpha value is -2.06. The van der Waals surface area contributed by atoms with Crippen molar-refractivity contribution >= 4 is 28.2 Å². The summed E-state index contributed by atoms with van der Waals surface area (Å²) < 4.78 is 0. The highest BCUT2D eigenvalue weighted by molar-refractivity contribution is 6.17. The number of pyridine rings is 1. The molecule has 1 heterocycles. The SMILES string of the molecule is Cc1cc(CNc2ccc(CCl)cc2)c2ccccc2n1. The summed E-state index contributed by atoms with van der Waals surface area (Å²) in [5, 5.41) is 4.66. The Morgan fingerprint density at radius 1 is 1.05 bits per heavy atom. The standard InChI is InChI=1S/C18H17ClN2/c1-13-10-15(17-4-2-3-5-18(17)21-13)12-20-16-8-6-14(11-19)7-9-16/h2-10,20H,11-12H2,1H3. The van der Waals surface area contributed by atoms with Crippen LogP contribution < -0.4 is 5.32 Å². The first-order chi connectivity index (χ1) is 10.3. The van der Waals surface area contributed by atoms with Crippen LogP contribution in [0.3, 0.4) is 0 Å². The summed E-state index contributed by atoms with van der Waals surface area (Å²) in [5.41, 5.74) is 5.59. The molecule has 3 aromatic rings. The number of hydrogen-bond donors (Lipinski definition) is 1. The normalized spacial score (nSPS) is 10.8. The van der Waals surface area contributed by atoms with E-state index in [1.807, 2.05) is 25.1 Å². The van der Waals surface area contributed by atoms with Crippen molar-refractivity contribution in [1.29, 1.82) is 0 Å². The van der Waals surface area contributed by atoms with Crippen LogP contribution in [-0.4, -0.2) is 4.98 Å². The van der Waals surface area contributed by atoms with E-state index in [2.05, 4.69) is 46.7 Å². The zero-order valence-corrected chi connectivity index (χ0v) is 12.7. The molecule has 0 fully saturated rings. The molecular weight excluding hydrogens is 280 g/mol. The van der Waals surface area contributed by atoms with Gasteiger partial charge < -0.3 is 5.32 Å². The average Bonchev–Trinajstić information content (AvgIpc) is 2.53. The fourth-order valence-electron chi connectivity index (χ4n) is 2.45. The molecule has 0 atom stereocenters. The fourth-order valence-corrected chi connectivity index (χ4v) is 2.63. The van der Waals surface area contributed by atoms with Crippen molar-refractivity contribution in [3.05, 3.63) is 71.4 Å². The van der Waals surface area contributed by atoms with Crippen LogP contribution in [0.4, 0.5) is 5.69 Å². The van der Waals surface area contributed by atoms with Crippen LogP contribution in [0.5, 0.6) is 0 Å². The number of fused-ring (bicyclic) bond motifs is 1. The highest BCUT2D eigenvalue weighted by atomic mass is 35.5. The van der Waals surface area contributed by atoms with E-state index in [9.17, 15) is 0 Å². The van der Waals surface area contributed by atoms with E-state index in [0.717, 1.165) is 29.0 Å². The second-order valence-corrected chi connectivity index (χ2v) is 5.39. The van der Waals surface area contributed by atoms with Crippen molar-refractivity contribution in [1.82, 2.24) is 4.98 Å². The van der Waals surface area contributed by atoms with Crippen LogP contribution >= 0.6 is 11.6 Å². The molecule has 2 nitrogen and oxygen atoms in total. The van der Waals surface area contributed by atoms with Crippen LogP contribution in [0, 0.1) is 6.92 Å². The van der Waals surface area contributed by atoms with Crippen LogP contribution in [0.1, 0.15) is 16.8 Å². The summed E-state index contributed by atoms with van der Waals surface area (Å²) in [6.07, 6.45) is 0. The first-order valence-electron chi connectivity index (χ1n) is 7.00. The Bertz CT molecular complexity index is 751. The van der Waals surface area contributed by atoms with E-state index in [-0.39, 0.29) is 0 Å². The number of alkyl halides is 1. The number of nitrogens with one attached hydrogen (secondary N) is 1. The van der Waals surface area contributed by atoms with Crippen molar-refractivity contribution in [3.63, 3.8) is 0 Å². The number of halogens is 1. The molecule has 0 bridgehead atoms. The number of nitrogens with zero attached hydrogens (tertiary/aromatic N) is 1. The van der Waals surface area contributed by atoms with Gasteiger partial charge in [0, 0.05) is 29.2 Å². The Morgan fingerprint density at radius 3 is 2.57 bits per heavy atom. The van der Waals surface area contributed by atoms with Gasteiger partial charge in [0.15, 0.2) is 0 Å². The monoisotopic (exact) mass is 296 g/mol. The molecule has 0 aliphatic carbocycles. The van der Waals surface area contributed by atoms with Gasteiger partial charge in [-0.3, -0.25) is 4.98 Å². The predicted molar refractivity (Wildman–Crippen MR) is 89.8 cm³/mol. The molecule has 0 amide bonds. The van der Waals surface area contributed by atoms with Gasteiger partial charge in [-0.2, -0.15) is 0 Å². The van der Waals surface area contributed by atoms with Crippen LogP contribution in [0.2, 0.25) is 0 Å². The number of benzene rings is 2. The van der Waals surface area contributed by atoms with E-state index in [0.29, 0.717) is 5.88 Å². The van der Waals surface area contributed by atoms with Crippen molar-refractivity contribution in [2.24, 2.45) is 0 Å². The lowest BCUT2D eigenvalue weighted by atomic mass is 10.1. The number of hydrogen-bond acceptors (Lipinski definition) is 2. The minimum Gasteiger partial charge on any atom is -0.381 e. The summed E-state index contributed by atoms with van der Waals surface area (Å²) in [5.74, 6) is 0.550. The molecule has 2 aromatic carbocycles. The number of rotatable bonds is 4. The van der Waals surface area contributed by atoms with Gasteiger partial charge in [0.05, 0.1) is 5.52 Å². The summed E-state index contributed by atoms with van der Waals surface area (Å²) in [4.78, 5) is 4.57. The molecule has 21 heavy (non-hydrogen) atoms. The molecule has 0 aliphatic heterocycles. The van der Waals surface area contributed by atoms with Gasteiger partial charge in [0.25, 0.3) is 0 Å². The van der Waals surface area contributed by atoms with Gasteiger partial charge in [0.1, 0.15) is 0 Å². The maximum Gasteiger partial charge on any atom is 0.0708 e. The van der Waals surface area contributed by atoms with Crippen molar-refractivity contribution in [2.75, 3.05) is 5.32 Å². The Balaban J connectivity index is 1.84. The lowest BCUT2D eigenvalue weighted by Gasteiger charge is -2.10. The third-order valence-electron chi connectivity index (χ3n) is 3.52. The number of aryl methyl sites for hydroxylation is 1. The van der Waals surface area contributed by atoms with Gasteiger partial charge in [-0.25, -0.2) is 0 Å². The van der Waals surface area contributed by atoms with Gasteiger partial charge in [0.2, 0.25) is 0 Å². The van der Waals surface area contributed by atoms with E-state index in [1.54, 1.807) is 0 Å². The summed E-state index contributed by atoms with van der Waals surface area (Å²) in [6.45, 7) is 2.81. The largest absolute Gasteiger partial charge is 0.381 e. The van der Waals surface area contributed by atoms with Crippen molar-refractivity contribution < 1.29 is 0 Å². The van der Waals surface area contributed by atoms with Crippen LogP contribution in [0.25, 0.3) is 10.9 Å². The number of para-hydroxylation sites is 1. The maximum absolute atomic E-state index is 5.81. The van der Waals surface area contributed by atoms with Crippen molar-refractivity contribution in [2.45, 2.75) is 19.3 Å². The molecule has 3 heteroatoms. The molecule has 3 rings (SSSR count). The zero-order valence-electron chi connectivity index (χ0n) is 11.9. The fraction of sp³-hybridized carbons (Fsp3) is 0.167. The molecular formula is C18H17ClN2. The number of aromatic nitrogens is 1. The predicted octanol–water partition coefficient (Wildman–Crippen LogP) is 4.89. The van der Waals surface area contributed by atoms with E-state index in [4.69, 9.17) is 11.6 Å². The minimum absolute atomic E-state index is 0.550. The van der Waals surface area contributed by atoms with Gasteiger partial charge in [-0.15, -0.1) is 11.6 Å². The minimum atomic E-state index is 0.550. The van der Waals surface area contributed by atoms with Crippen molar-refractivity contribution in [3.8, 4) is 0 Å². The van der Waals surface area contributed by atoms with Crippen LogP contribution in [0.15, 0.2) is 54.6 Å². The van der Waals surface area contributed by atoms with E-state index < -0.39 is 0 Å². The molecule has 0 saturated heterocycles. The average molecular weight is 297 g/mol. The first kappa shape index (κ1) is 13.9. The lowest BCUT2D eigenvalue weighted by Crippen LogP contribution is -2.01. The maximum atomic E-state index is 5.81. The summed E-state index contributed by atoms with van der Waals surface area (Å²) >= 11 is 5.81. The molecule has 1 N–H and O–H groups in total. The van der Waals surface area contributed by atoms with Crippen LogP contribution in [-0.2, 0) is 12.4 Å². The quantitative estimate of drug-likeness (QED) is 0.693. The summed E-state index contributed by atoms with van der Waals surface area (Å²) in [7, 11) is 0. The Morgan fingerprint density at radius 2 is 1.81 bits per heavy atom. The summed E-state index contributed by atoms with van der Waals surface area (Å²) in [6, 6.07) is 18.6. The molecule has 0 radical (unpaired) electrons. The highest BCUT2D eigenvalue weighted by Crippen LogP contribution is 2.20. The highest BCUT2D eigenvalue weighted by Gasteiger charge is 2.03. The Kier molecular flexibility index (Phi) is 4.07.